The van der Waals surface area contributed by atoms with Gasteiger partial charge in [-0.15, -0.1) is 11.3 Å². The molecule has 0 saturated heterocycles. The van der Waals surface area contributed by atoms with Gasteiger partial charge >= 0.3 is 0 Å². The van der Waals surface area contributed by atoms with E-state index in [1.165, 1.54) is 10.3 Å². The summed E-state index contributed by atoms with van der Waals surface area (Å²) in [6.07, 6.45) is 3.82. The molecule has 4 nitrogen and oxygen atoms in total. The Labute approximate surface area is 131 Å². The van der Waals surface area contributed by atoms with Crippen LogP contribution in [0.1, 0.15) is 39.0 Å². The highest BCUT2D eigenvalue weighted by Gasteiger charge is 2.22. The van der Waals surface area contributed by atoms with Gasteiger partial charge in [0.15, 0.2) is 0 Å². The summed E-state index contributed by atoms with van der Waals surface area (Å²) in [5.41, 5.74) is 5.99. The van der Waals surface area contributed by atoms with Gasteiger partial charge in [0.05, 0.1) is 5.39 Å². The van der Waals surface area contributed by atoms with Crippen molar-refractivity contribution in [2.24, 2.45) is 11.1 Å². The van der Waals surface area contributed by atoms with Gasteiger partial charge in [0.25, 0.3) is 0 Å². The third-order valence-electron chi connectivity index (χ3n) is 3.67. The van der Waals surface area contributed by atoms with E-state index in [-0.39, 0.29) is 5.41 Å². The van der Waals surface area contributed by atoms with Crippen molar-refractivity contribution >= 4 is 27.4 Å². The van der Waals surface area contributed by atoms with Crippen molar-refractivity contribution in [1.29, 1.82) is 0 Å². The van der Waals surface area contributed by atoms with Crippen LogP contribution in [0.15, 0.2) is 12.4 Å². The molecule has 2 N–H and O–H groups in total. The van der Waals surface area contributed by atoms with Crippen LogP contribution in [0.4, 0.5) is 5.82 Å². The minimum Gasteiger partial charge on any atom is -0.355 e. The molecule has 2 heterocycles. The molecule has 0 aromatic carbocycles. The molecule has 0 bridgehead atoms. The number of aryl methyl sites for hydroxylation is 1. The molecule has 5 heteroatoms. The first-order valence-electron chi connectivity index (χ1n) is 7.69. The van der Waals surface area contributed by atoms with E-state index in [1.54, 1.807) is 17.7 Å². The fourth-order valence-electron chi connectivity index (χ4n) is 2.43. The standard InChI is InChI=1S/C16H26N4S/c1-5-7-20(10-16(3,4)9-17)14-13-8-12(6-2)21-15(13)19-11-18-14/h8,11H,5-7,9-10,17H2,1-4H3. The van der Waals surface area contributed by atoms with E-state index in [9.17, 15) is 0 Å². The highest BCUT2D eigenvalue weighted by Crippen LogP contribution is 2.32. The molecule has 0 aliphatic heterocycles. The first-order chi connectivity index (χ1) is 10.0. The highest BCUT2D eigenvalue weighted by atomic mass is 32.1. The van der Waals surface area contributed by atoms with Gasteiger partial charge in [-0.25, -0.2) is 9.97 Å². The van der Waals surface area contributed by atoms with Gasteiger partial charge in [-0.3, -0.25) is 0 Å². The minimum absolute atomic E-state index is 0.0794. The van der Waals surface area contributed by atoms with E-state index in [0.717, 1.165) is 36.6 Å². The lowest BCUT2D eigenvalue weighted by molar-refractivity contribution is 0.377. The minimum atomic E-state index is 0.0794. The molecule has 0 aliphatic rings. The molecule has 0 spiro atoms. The lowest BCUT2D eigenvalue weighted by Gasteiger charge is -2.32. The van der Waals surface area contributed by atoms with E-state index in [0.29, 0.717) is 6.54 Å². The van der Waals surface area contributed by atoms with Crippen molar-refractivity contribution in [3.63, 3.8) is 0 Å². The normalized spacial score (nSPS) is 12.0. The zero-order chi connectivity index (χ0) is 15.5. The lowest BCUT2D eigenvalue weighted by atomic mass is 9.93. The molecule has 0 atom stereocenters. The summed E-state index contributed by atoms with van der Waals surface area (Å²) in [5, 5.41) is 1.18. The van der Waals surface area contributed by atoms with Crippen molar-refractivity contribution in [3.8, 4) is 0 Å². The predicted octanol–water partition coefficient (Wildman–Crippen LogP) is 3.46. The van der Waals surface area contributed by atoms with Crippen molar-refractivity contribution in [3.05, 3.63) is 17.3 Å². The fourth-order valence-corrected chi connectivity index (χ4v) is 3.36. The predicted molar refractivity (Wildman–Crippen MR) is 92.1 cm³/mol. The van der Waals surface area contributed by atoms with Crippen LogP contribution >= 0.6 is 11.3 Å². The molecule has 0 fully saturated rings. The first-order valence-corrected chi connectivity index (χ1v) is 8.50. The molecule has 2 aromatic heterocycles. The van der Waals surface area contributed by atoms with Gasteiger partial charge in [0.1, 0.15) is 17.0 Å². The number of fused-ring (bicyclic) bond motifs is 1. The van der Waals surface area contributed by atoms with Crippen LogP contribution in [0.25, 0.3) is 10.2 Å². The van der Waals surface area contributed by atoms with Gasteiger partial charge < -0.3 is 10.6 Å². The smallest absolute Gasteiger partial charge is 0.140 e. The van der Waals surface area contributed by atoms with Gasteiger partial charge in [-0.1, -0.05) is 27.7 Å². The molecular formula is C16H26N4S. The fraction of sp³-hybridized carbons (Fsp3) is 0.625. The second-order valence-electron chi connectivity index (χ2n) is 6.27. The number of anilines is 1. The number of aromatic nitrogens is 2. The number of nitrogens with two attached hydrogens (primary N) is 1. The number of hydrogen-bond acceptors (Lipinski definition) is 5. The summed E-state index contributed by atoms with van der Waals surface area (Å²) in [4.78, 5) is 13.8. The quantitative estimate of drug-likeness (QED) is 0.851. The first kappa shape index (κ1) is 16.2. The molecule has 21 heavy (non-hydrogen) atoms. The molecule has 0 unspecified atom stereocenters. The van der Waals surface area contributed by atoms with Crippen LogP contribution in [0.5, 0.6) is 0 Å². The topological polar surface area (TPSA) is 55.0 Å². The number of hydrogen-bond donors (Lipinski definition) is 1. The van der Waals surface area contributed by atoms with E-state index in [4.69, 9.17) is 5.73 Å². The van der Waals surface area contributed by atoms with Crippen LogP contribution in [0.2, 0.25) is 0 Å². The SMILES string of the molecule is CCCN(CC(C)(C)CN)c1ncnc2sc(CC)cc12. The second kappa shape index (κ2) is 6.71. The molecule has 0 aliphatic carbocycles. The summed E-state index contributed by atoms with van der Waals surface area (Å²) >= 11 is 1.77. The van der Waals surface area contributed by atoms with Crippen LogP contribution in [0.3, 0.4) is 0 Å². The molecule has 2 rings (SSSR count). The molecule has 0 radical (unpaired) electrons. The van der Waals surface area contributed by atoms with Gasteiger partial charge in [0, 0.05) is 18.0 Å². The molecule has 0 saturated carbocycles. The molecule has 116 valence electrons. The van der Waals surface area contributed by atoms with Crippen LogP contribution < -0.4 is 10.6 Å². The average molecular weight is 306 g/mol. The Morgan fingerprint density at radius 3 is 2.67 bits per heavy atom. The maximum absolute atomic E-state index is 5.91. The summed E-state index contributed by atoms with van der Waals surface area (Å²) in [7, 11) is 0. The molecule has 2 aromatic rings. The van der Waals surface area contributed by atoms with Gasteiger partial charge in [-0.2, -0.15) is 0 Å². The summed E-state index contributed by atoms with van der Waals surface area (Å²) in [6, 6.07) is 2.24. The van der Waals surface area contributed by atoms with Crippen LogP contribution in [-0.2, 0) is 6.42 Å². The van der Waals surface area contributed by atoms with E-state index >= 15 is 0 Å². The Hall–Kier alpha value is -1.20. The maximum atomic E-state index is 5.91. The summed E-state index contributed by atoms with van der Waals surface area (Å²) in [6.45, 7) is 11.4. The Morgan fingerprint density at radius 2 is 2.05 bits per heavy atom. The van der Waals surface area contributed by atoms with Crippen molar-refractivity contribution < 1.29 is 0 Å². The van der Waals surface area contributed by atoms with E-state index in [1.807, 2.05) is 0 Å². The summed E-state index contributed by atoms with van der Waals surface area (Å²) < 4.78 is 0. The van der Waals surface area contributed by atoms with Crippen LogP contribution in [0, 0.1) is 5.41 Å². The Balaban J connectivity index is 2.42. The average Bonchev–Trinajstić information content (AvgIpc) is 2.89. The summed E-state index contributed by atoms with van der Waals surface area (Å²) in [5.74, 6) is 1.05. The lowest BCUT2D eigenvalue weighted by Crippen LogP contribution is -2.39. The third-order valence-corrected chi connectivity index (χ3v) is 4.86. The third kappa shape index (κ3) is 3.71. The van der Waals surface area contributed by atoms with Crippen molar-refractivity contribution in [2.75, 3.05) is 24.5 Å². The highest BCUT2D eigenvalue weighted by molar-refractivity contribution is 7.18. The van der Waals surface area contributed by atoms with Crippen molar-refractivity contribution in [2.45, 2.75) is 40.5 Å². The van der Waals surface area contributed by atoms with Gasteiger partial charge in [0.2, 0.25) is 0 Å². The number of rotatable bonds is 7. The Morgan fingerprint density at radius 1 is 1.29 bits per heavy atom. The number of nitrogens with zero attached hydrogens (tertiary/aromatic N) is 3. The largest absolute Gasteiger partial charge is 0.355 e. The van der Waals surface area contributed by atoms with Crippen LogP contribution in [-0.4, -0.2) is 29.6 Å². The Kier molecular flexibility index (Phi) is 5.17. The van der Waals surface area contributed by atoms with E-state index in [2.05, 4.69) is 48.6 Å². The molecular weight excluding hydrogens is 280 g/mol. The number of thiophene rings is 1. The van der Waals surface area contributed by atoms with Crippen molar-refractivity contribution in [1.82, 2.24) is 9.97 Å². The zero-order valence-electron chi connectivity index (χ0n) is 13.5. The Bertz CT molecular complexity index is 591. The monoisotopic (exact) mass is 306 g/mol. The maximum Gasteiger partial charge on any atom is 0.140 e. The second-order valence-corrected chi connectivity index (χ2v) is 7.39. The zero-order valence-corrected chi connectivity index (χ0v) is 14.3. The van der Waals surface area contributed by atoms with E-state index < -0.39 is 0 Å². The molecule has 0 amide bonds. The van der Waals surface area contributed by atoms with Gasteiger partial charge in [-0.05, 0) is 30.9 Å².